The second kappa shape index (κ2) is 19.6. The smallest absolute Gasteiger partial charge is 0.324 e. The van der Waals surface area contributed by atoms with E-state index in [0.717, 1.165) is 16.2 Å². The Bertz CT molecular complexity index is 2790. The Morgan fingerprint density at radius 3 is 2.57 bits per heavy atom. The summed E-state index contributed by atoms with van der Waals surface area (Å²) in [7, 11) is -2.99. The molecule has 4 heterocycles. The van der Waals surface area contributed by atoms with Crippen LogP contribution >= 0.6 is 11.3 Å². The zero-order valence-corrected chi connectivity index (χ0v) is 34.6. The van der Waals surface area contributed by atoms with Crippen molar-refractivity contribution in [2.24, 2.45) is 0 Å². The van der Waals surface area contributed by atoms with Gasteiger partial charge in [-0.15, -0.1) is 0 Å². The van der Waals surface area contributed by atoms with Gasteiger partial charge in [0.15, 0.2) is 0 Å². The van der Waals surface area contributed by atoms with E-state index in [0.29, 0.717) is 30.0 Å². The van der Waals surface area contributed by atoms with Crippen molar-refractivity contribution >= 4 is 85.1 Å². The monoisotopic (exact) mass is 894 g/mol. The van der Waals surface area contributed by atoms with Crippen LogP contribution < -0.4 is 30.7 Å². The van der Waals surface area contributed by atoms with Gasteiger partial charge in [0.05, 0.1) is 40.8 Å². The number of nitrogens with one attached hydrogen (secondary N) is 5. The molecule has 1 fully saturated rings. The number of sulfonamides is 1. The lowest BCUT2D eigenvalue weighted by Gasteiger charge is -2.27. The molecule has 23 heteroatoms. The number of carbonyl (C=O) groups is 6. The van der Waals surface area contributed by atoms with Crippen molar-refractivity contribution in [3.8, 4) is 23.8 Å². The maximum Gasteiger partial charge on any atom is 0.324 e. The van der Waals surface area contributed by atoms with Gasteiger partial charge in [0.2, 0.25) is 23.5 Å². The fourth-order valence-corrected chi connectivity index (χ4v) is 7.99. The highest BCUT2D eigenvalue weighted by Gasteiger charge is 2.45. The molecule has 2 aromatic heterocycles. The molecule has 2 aromatic carbocycles. The molecular formula is C40H34N10O11S2. The molecule has 1 unspecified atom stereocenters. The molecule has 0 saturated carbocycles. The average Bonchev–Trinajstić information content (AvgIpc) is 3.84. The summed E-state index contributed by atoms with van der Waals surface area (Å²) in [5.41, 5.74) is 0.668. The van der Waals surface area contributed by atoms with E-state index in [1.807, 2.05) is 0 Å². The number of nitrogens with zero attached hydrogens (tertiary/aromatic N) is 5. The molecule has 4 aromatic rings. The largest absolute Gasteiger partial charge is 0.478 e. The number of aromatic nitrogens is 2. The summed E-state index contributed by atoms with van der Waals surface area (Å²) in [4.78, 5) is 94.9. The number of rotatable bonds is 16. The number of unbranched alkanes of at least 4 members (excludes halogenated alkanes) is 1. The molecule has 6 rings (SSSR count). The lowest BCUT2D eigenvalue weighted by atomic mass is 10.0. The van der Waals surface area contributed by atoms with Crippen LogP contribution in [-0.4, -0.2) is 89.9 Å². The Morgan fingerprint density at radius 1 is 1.10 bits per heavy atom. The molecule has 1 saturated heterocycles. The van der Waals surface area contributed by atoms with Crippen LogP contribution in [0.15, 0.2) is 71.3 Å². The van der Waals surface area contributed by atoms with Crippen LogP contribution in [0.25, 0.3) is 6.08 Å². The van der Waals surface area contributed by atoms with Crippen molar-refractivity contribution in [1.82, 2.24) is 25.5 Å². The molecule has 6 amide bonds. The Morgan fingerprint density at radius 2 is 1.87 bits per heavy atom. The Labute approximate surface area is 362 Å². The molecule has 322 valence electrons. The van der Waals surface area contributed by atoms with Gasteiger partial charge >= 0.3 is 5.00 Å². The van der Waals surface area contributed by atoms with E-state index >= 15 is 0 Å². The first-order valence-corrected chi connectivity index (χ1v) is 21.0. The van der Waals surface area contributed by atoms with Crippen molar-refractivity contribution in [1.29, 1.82) is 5.26 Å². The number of fused-ring (bicyclic) bond motifs is 1. The van der Waals surface area contributed by atoms with E-state index in [9.17, 15) is 52.6 Å². The van der Waals surface area contributed by atoms with Crippen molar-refractivity contribution < 1.29 is 46.8 Å². The number of carbonyl (C=O) groups excluding carboxylic acids is 6. The first kappa shape index (κ1) is 44.5. The standard InChI is InChI=1S/C40H34N10O11S2/c1-61-38-35(48-63(59,60)27-13-10-24(11-14-27)45-36(53)23(21-41)20-26-12-17-33(62-26)50(57)58)44-22-25(46-38)6-5-19-43-31(51)9-2-3-18-42-29-8-4-7-28-34(29)40(56)49(39(28)55)30-15-16-32(52)47-37(30)54/h4,7-8,10-14,17,20,22,30,42H,2-3,9,15-16,18-19H2,1H3,(H,43,51)(H,44,48)(H,45,53)(H,47,52,54)/b23-20+. The highest BCUT2D eigenvalue weighted by Crippen LogP contribution is 2.33. The second-order valence-corrected chi connectivity index (χ2v) is 16.2. The van der Waals surface area contributed by atoms with Crippen molar-refractivity contribution in [3.63, 3.8) is 0 Å². The molecule has 63 heavy (non-hydrogen) atoms. The average molecular weight is 895 g/mol. The highest BCUT2D eigenvalue weighted by atomic mass is 32.2. The number of amides is 6. The zero-order chi connectivity index (χ0) is 45.3. The number of hydrogen-bond donors (Lipinski definition) is 5. The normalized spacial score (nSPS) is 14.7. The van der Waals surface area contributed by atoms with Crippen LogP contribution in [0.2, 0.25) is 0 Å². The molecule has 1 atom stereocenters. The zero-order valence-electron chi connectivity index (χ0n) is 32.9. The Balaban J connectivity index is 0.943. The van der Waals surface area contributed by atoms with Crippen LogP contribution in [0.4, 0.5) is 22.2 Å². The van der Waals surface area contributed by atoms with Crippen molar-refractivity contribution in [3.05, 3.63) is 98.2 Å². The van der Waals surface area contributed by atoms with E-state index < -0.39 is 50.5 Å². The summed E-state index contributed by atoms with van der Waals surface area (Å²) in [6.45, 7) is 0.344. The van der Waals surface area contributed by atoms with Crippen molar-refractivity contribution in [2.75, 3.05) is 35.6 Å². The minimum absolute atomic E-state index is 0.0145. The summed E-state index contributed by atoms with van der Waals surface area (Å²) in [6.07, 6.45) is 3.65. The van der Waals surface area contributed by atoms with Crippen LogP contribution in [0, 0.1) is 33.3 Å². The number of ether oxygens (including phenoxy) is 1. The molecule has 0 spiro atoms. The molecular weight excluding hydrogens is 861 g/mol. The lowest BCUT2D eigenvalue weighted by molar-refractivity contribution is -0.380. The van der Waals surface area contributed by atoms with Crippen LogP contribution in [0.3, 0.4) is 0 Å². The SMILES string of the molecule is COc1nc(C#CCNC(=O)CCCCNc2cccc3c2C(=O)N(C2CCC(=O)NC2=O)C3=O)cnc1NS(=O)(=O)c1ccc(NC(=O)/C(C#N)=C/c2ccc([N+](=O)[O-])s2)cc1. The van der Waals surface area contributed by atoms with Gasteiger partial charge in [0.25, 0.3) is 33.6 Å². The van der Waals surface area contributed by atoms with Gasteiger partial charge in [-0.1, -0.05) is 23.3 Å². The third-order valence-electron chi connectivity index (χ3n) is 9.24. The molecule has 21 nitrogen and oxygen atoms in total. The number of nitro groups is 1. The molecule has 0 radical (unpaired) electrons. The first-order valence-electron chi connectivity index (χ1n) is 18.7. The summed E-state index contributed by atoms with van der Waals surface area (Å²) < 4.78 is 33.8. The summed E-state index contributed by atoms with van der Waals surface area (Å²) in [5, 5.41) is 30.7. The maximum absolute atomic E-state index is 13.3. The van der Waals surface area contributed by atoms with E-state index in [1.165, 1.54) is 61.8 Å². The topological polar surface area (TPSA) is 302 Å². The fraction of sp³-hybridized carbons (Fsp3) is 0.225. The van der Waals surface area contributed by atoms with E-state index in [-0.39, 0.29) is 81.4 Å². The summed E-state index contributed by atoms with van der Waals surface area (Å²) in [5.74, 6) is 1.55. The number of methoxy groups -OCH3 is 1. The van der Waals surface area contributed by atoms with Gasteiger partial charge in [-0.3, -0.25) is 53.8 Å². The summed E-state index contributed by atoms with van der Waals surface area (Å²) >= 11 is 0.786. The van der Waals surface area contributed by atoms with Crippen LogP contribution in [-0.2, 0) is 29.2 Å². The van der Waals surface area contributed by atoms with E-state index in [2.05, 4.69) is 47.8 Å². The number of thiophene rings is 1. The van der Waals surface area contributed by atoms with E-state index in [4.69, 9.17) is 4.74 Å². The van der Waals surface area contributed by atoms with Gasteiger partial charge in [-0.05, 0) is 73.7 Å². The van der Waals surface area contributed by atoms with Gasteiger partial charge in [-0.2, -0.15) is 10.2 Å². The number of piperidine rings is 1. The Kier molecular flexibility index (Phi) is 13.8. The predicted molar refractivity (Wildman–Crippen MR) is 224 cm³/mol. The van der Waals surface area contributed by atoms with Crippen molar-refractivity contribution in [2.45, 2.75) is 43.0 Å². The van der Waals surface area contributed by atoms with Gasteiger partial charge in [-0.25, -0.2) is 13.4 Å². The minimum Gasteiger partial charge on any atom is -0.478 e. The first-order chi connectivity index (χ1) is 30.2. The molecule has 2 aliphatic rings. The van der Waals surface area contributed by atoms with Gasteiger partial charge in [0, 0.05) is 41.7 Å². The molecule has 0 aliphatic carbocycles. The number of hydrogen-bond acceptors (Lipinski definition) is 16. The number of nitriles is 1. The molecule has 5 N–H and O–H groups in total. The number of anilines is 3. The van der Waals surface area contributed by atoms with Gasteiger partial charge < -0.3 is 20.7 Å². The quantitative estimate of drug-likeness (QED) is 0.0205. The molecule has 2 aliphatic heterocycles. The fourth-order valence-electron chi connectivity index (χ4n) is 6.22. The van der Waals surface area contributed by atoms with Crippen LogP contribution in [0.1, 0.15) is 63.4 Å². The molecule has 0 bridgehead atoms. The highest BCUT2D eigenvalue weighted by molar-refractivity contribution is 7.92. The third-order valence-corrected chi connectivity index (χ3v) is 11.6. The third kappa shape index (κ3) is 10.7. The van der Waals surface area contributed by atoms with Crippen LogP contribution in [0.5, 0.6) is 5.88 Å². The number of imide groups is 2. The van der Waals surface area contributed by atoms with Gasteiger partial charge in [0.1, 0.15) is 23.4 Å². The number of benzene rings is 2. The Hall–Kier alpha value is -8.02. The second-order valence-electron chi connectivity index (χ2n) is 13.4. The van der Waals surface area contributed by atoms with E-state index in [1.54, 1.807) is 18.2 Å². The predicted octanol–water partition coefficient (Wildman–Crippen LogP) is 2.95. The lowest BCUT2D eigenvalue weighted by Crippen LogP contribution is -2.54. The maximum atomic E-state index is 13.3. The minimum atomic E-state index is -4.24. The summed E-state index contributed by atoms with van der Waals surface area (Å²) in [6, 6.07) is 13.1.